The van der Waals surface area contributed by atoms with Gasteiger partial charge in [0.2, 0.25) is 10.0 Å². The molecule has 0 aromatic heterocycles. The lowest BCUT2D eigenvalue weighted by atomic mass is 10.1. The van der Waals surface area contributed by atoms with Gasteiger partial charge in [0, 0.05) is 26.3 Å². The van der Waals surface area contributed by atoms with Gasteiger partial charge in [-0.2, -0.15) is 13.2 Å². The van der Waals surface area contributed by atoms with Gasteiger partial charge in [0.1, 0.15) is 0 Å². The number of nitrogens with zero attached hydrogens (tertiary/aromatic N) is 1. The maximum absolute atomic E-state index is 12.5. The molecule has 2 aromatic carbocycles. The standard InChI is InChI=1S/C17H19F3N2O2S/c1-22(2)15-7-3-13(4-8-15)11-12-21-25(23,24)16-9-5-14(6-10-16)17(18,19)20/h3-10,21H,11-12H2,1-2H3. The molecule has 1 N–H and O–H groups in total. The summed E-state index contributed by atoms with van der Waals surface area (Å²) in [6, 6.07) is 11.1. The molecule has 0 atom stereocenters. The summed E-state index contributed by atoms with van der Waals surface area (Å²) in [6.07, 6.45) is -4.01. The monoisotopic (exact) mass is 372 g/mol. The molecular formula is C17H19F3N2O2S. The molecule has 0 saturated heterocycles. The Morgan fingerprint density at radius 1 is 0.960 bits per heavy atom. The number of halogens is 3. The summed E-state index contributed by atoms with van der Waals surface area (Å²) in [5.74, 6) is 0. The van der Waals surface area contributed by atoms with Crippen LogP contribution >= 0.6 is 0 Å². The van der Waals surface area contributed by atoms with E-state index >= 15 is 0 Å². The summed E-state index contributed by atoms with van der Waals surface area (Å²) in [4.78, 5) is 1.76. The lowest BCUT2D eigenvalue weighted by molar-refractivity contribution is -0.137. The molecule has 4 nitrogen and oxygen atoms in total. The lowest BCUT2D eigenvalue weighted by Gasteiger charge is -2.13. The highest BCUT2D eigenvalue weighted by Gasteiger charge is 2.30. The highest BCUT2D eigenvalue weighted by atomic mass is 32.2. The Labute approximate surface area is 145 Å². The van der Waals surface area contributed by atoms with Crippen LogP contribution in [0.15, 0.2) is 53.4 Å². The predicted molar refractivity (Wildman–Crippen MR) is 91.1 cm³/mol. The van der Waals surface area contributed by atoms with E-state index in [9.17, 15) is 21.6 Å². The number of anilines is 1. The molecule has 0 heterocycles. The molecular weight excluding hydrogens is 353 g/mol. The highest BCUT2D eigenvalue weighted by Crippen LogP contribution is 2.29. The Bertz CT molecular complexity index is 799. The quantitative estimate of drug-likeness (QED) is 0.847. The fourth-order valence-electron chi connectivity index (χ4n) is 2.20. The van der Waals surface area contributed by atoms with E-state index in [0.29, 0.717) is 6.42 Å². The first kappa shape index (κ1) is 19.3. The second kappa shape index (κ2) is 7.45. The molecule has 2 aromatic rings. The minimum Gasteiger partial charge on any atom is -0.378 e. The van der Waals surface area contributed by atoms with Crippen LogP contribution in [0.25, 0.3) is 0 Å². The molecule has 0 radical (unpaired) electrons. The fraction of sp³-hybridized carbons (Fsp3) is 0.294. The summed E-state index contributed by atoms with van der Waals surface area (Å²) < 4.78 is 64.2. The summed E-state index contributed by atoms with van der Waals surface area (Å²) in [7, 11) is 0.00775. The number of hydrogen-bond donors (Lipinski definition) is 1. The van der Waals surface area contributed by atoms with Crippen LogP contribution in [0.5, 0.6) is 0 Å². The molecule has 0 aliphatic rings. The van der Waals surface area contributed by atoms with E-state index in [1.807, 2.05) is 43.3 Å². The smallest absolute Gasteiger partial charge is 0.378 e. The number of hydrogen-bond acceptors (Lipinski definition) is 3. The van der Waals surface area contributed by atoms with Crippen LogP contribution in [0, 0.1) is 0 Å². The molecule has 0 spiro atoms. The molecule has 0 aliphatic heterocycles. The first-order valence-electron chi connectivity index (χ1n) is 7.53. The molecule has 0 aliphatic carbocycles. The lowest BCUT2D eigenvalue weighted by Crippen LogP contribution is -2.26. The van der Waals surface area contributed by atoms with Crippen molar-refractivity contribution < 1.29 is 21.6 Å². The van der Waals surface area contributed by atoms with Gasteiger partial charge in [-0.3, -0.25) is 0 Å². The van der Waals surface area contributed by atoms with Gasteiger partial charge in [0.15, 0.2) is 0 Å². The summed E-state index contributed by atoms with van der Waals surface area (Å²) in [5.41, 5.74) is 1.11. The zero-order valence-corrected chi connectivity index (χ0v) is 14.7. The molecule has 0 amide bonds. The van der Waals surface area contributed by atoms with Crippen LogP contribution in [0.4, 0.5) is 18.9 Å². The summed E-state index contributed by atoms with van der Waals surface area (Å²) >= 11 is 0. The molecule has 136 valence electrons. The van der Waals surface area contributed by atoms with E-state index in [-0.39, 0.29) is 11.4 Å². The van der Waals surface area contributed by atoms with Crippen molar-refractivity contribution in [3.8, 4) is 0 Å². The van der Waals surface area contributed by atoms with Gasteiger partial charge in [0.05, 0.1) is 10.5 Å². The van der Waals surface area contributed by atoms with Gasteiger partial charge in [0.25, 0.3) is 0 Å². The van der Waals surface area contributed by atoms with E-state index in [2.05, 4.69) is 4.72 Å². The zero-order chi connectivity index (χ0) is 18.7. The Morgan fingerprint density at radius 2 is 1.52 bits per heavy atom. The van der Waals surface area contributed by atoms with Crippen LogP contribution in [0.1, 0.15) is 11.1 Å². The fourth-order valence-corrected chi connectivity index (χ4v) is 3.23. The van der Waals surface area contributed by atoms with E-state index in [1.165, 1.54) is 0 Å². The third-order valence-electron chi connectivity index (χ3n) is 3.65. The van der Waals surface area contributed by atoms with Crippen molar-refractivity contribution in [3.05, 3.63) is 59.7 Å². The molecule has 0 saturated carbocycles. The maximum Gasteiger partial charge on any atom is 0.416 e. The average molecular weight is 372 g/mol. The van der Waals surface area contributed by atoms with Crippen LogP contribution < -0.4 is 9.62 Å². The molecule has 8 heteroatoms. The normalized spacial score (nSPS) is 12.2. The van der Waals surface area contributed by atoms with Crippen molar-refractivity contribution in [3.63, 3.8) is 0 Å². The number of benzene rings is 2. The average Bonchev–Trinajstić information content (AvgIpc) is 2.54. The summed E-state index contributed by atoms with van der Waals surface area (Å²) in [5, 5.41) is 0. The molecule has 0 unspecified atom stereocenters. The predicted octanol–water partition coefficient (Wildman–Crippen LogP) is 3.29. The third kappa shape index (κ3) is 5.20. The van der Waals surface area contributed by atoms with E-state index in [1.54, 1.807) is 0 Å². The van der Waals surface area contributed by atoms with Crippen LogP contribution in [-0.4, -0.2) is 29.1 Å². The Kier molecular flexibility index (Phi) is 5.74. The van der Waals surface area contributed by atoms with E-state index in [4.69, 9.17) is 0 Å². The second-order valence-corrected chi connectivity index (χ2v) is 7.50. The van der Waals surface area contributed by atoms with Gasteiger partial charge in [-0.05, 0) is 48.4 Å². The minimum atomic E-state index is -4.49. The van der Waals surface area contributed by atoms with Gasteiger partial charge in [-0.15, -0.1) is 0 Å². The first-order valence-corrected chi connectivity index (χ1v) is 9.01. The Balaban J connectivity index is 1.97. The Hall–Kier alpha value is -2.06. The van der Waals surface area contributed by atoms with Gasteiger partial charge >= 0.3 is 6.18 Å². The van der Waals surface area contributed by atoms with Gasteiger partial charge in [-0.1, -0.05) is 12.1 Å². The Morgan fingerprint density at radius 3 is 2.00 bits per heavy atom. The van der Waals surface area contributed by atoms with Gasteiger partial charge < -0.3 is 4.90 Å². The van der Waals surface area contributed by atoms with Crippen molar-refractivity contribution >= 4 is 15.7 Å². The second-order valence-electron chi connectivity index (χ2n) is 5.73. The van der Waals surface area contributed by atoms with Crippen molar-refractivity contribution in [2.24, 2.45) is 0 Å². The topological polar surface area (TPSA) is 49.4 Å². The van der Waals surface area contributed by atoms with Crippen LogP contribution in [0.2, 0.25) is 0 Å². The number of rotatable bonds is 6. The molecule has 0 fully saturated rings. The highest BCUT2D eigenvalue weighted by molar-refractivity contribution is 7.89. The zero-order valence-electron chi connectivity index (χ0n) is 13.8. The largest absolute Gasteiger partial charge is 0.416 e. The van der Waals surface area contributed by atoms with Crippen LogP contribution in [0.3, 0.4) is 0 Å². The van der Waals surface area contributed by atoms with Crippen molar-refractivity contribution in [1.82, 2.24) is 4.72 Å². The first-order chi connectivity index (χ1) is 11.6. The van der Waals surface area contributed by atoms with Crippen molar-refractivity contribution in [1.29, 1.82) is 0 Å². The third-order valence-corrected chi connectivity index (χ3v) is 5.13. The maximum atomic E-state index is 12.5. The van der Waals surface area contributed by atoms with E-state index in [0.717, 1.165) is 35.5 Å². The number of sulfonamides is 1. The van der Waals surface area contributed by atoms with Crippen LogP contribution in [-0.2, 0) is 22.6 Å². The SMILES string of the molecule is CN(C)c1ccc(CCNS(=O)(=O)c2ccc(C(F)(F)F)cc2)cc1. The van der Waals surface area contributed by atoms with Gasteiger partial charge in [-0.25, -0.2) is 13.1 Å². The molecule has 0 bridgehead atoms. The molecule has 25 heavy (non-hydrogen) atoms. The van der Waals surface area contributed by atoms with E-state index < -0.39 is 21.8 Å². The minimum absolute atomic E-state index is 0.157. The van der Waals surface area contributed by atoms with Crippen molar-refractivity contribution in [2.75, 3.05) is 25.5 Å². The van der Waals surface area contributed by atoms with Crippen molar-refractivity contribution in [2.45, 2.75) is 17.5 Å². The number of nitrogens with one attached hydrogen (secondary N) is 1. The number of alkyl halides is 3. The summed E-state index contributed by atoms with van der Waals surface area (Å²) in [6.45, 7) is 0.157. The molecule has 2 rings (SSSR count).